The Labute approximate surface area is 117 Å². The topological polar surface area (TPSA) is 123 Å². The summed E-state index contributed by atoms with van der Waals surface area (Å²) in [4.78, 5) is 22.5. The monoisotopic (exact) mass is 283 g/mol. The fourth-order valence-electron chi connectivity index (χ4n) is 1.48. The number of aliphatic carboxylic acids is 1. The van der Waals surface area contributed by atoms with Crippen molar-refractivity contribution in [3.8, 4) is 0 Å². The normalized spacial score (nSPS) is 14.1. The van der Waals surface area contributed by atoms with Crippen LogP contribution in [-0.2, 0) is 16.0 Å². The molecule has 1 amide bonds. The average Bonchev–Trinajstić information content (AvgIpc) is 2.83. The zero-order chi connectivity index (χ0) is 15.3. The van der Waals surface area contributed by atoms with Crippen LogP contribution in [0.1, 0.15) is 32.5 Å². The second kappa shape index (κ2) is 6.99. The molecule has 1 aromatic heterocycles. The van der Waals surface area contributed by atoms with Crippen LogP contribution in [0.25, 0.3) is 0 Å². The zero-order valence-corrected chi connectivity index (χ0v) is 11.9. The molecule has 0 bridgehead atoms. The molecule has 0 spiro atoms. The minimum atomic E-state index is -1.10. The molecule has 0 fully saturated rings. The lowest BCUT2D eigenvalue weighted by molar-refractivity contribution is -0.138. The van der Waals surface area contributed by atoms with Crippen LogP contribution in [0.4, 0.5) is 0 Å². The Balaban J connectivity index is 2.61. The molecule has 4 N–H and O–H groups in total. The van der Waals surface area contributed by atoms with Gasteiger partial charge in [0.1, 0.15) is 12.1 Å². The number of amides is 1. The number of nitrogens with one attached hydrogen (secondary N) is 1. The van der Waals surface area contributed by atoms with Gasteiger partial charge in [0.2, 0.25) is 5.91 Å². The molecule has 8 heteroatoms. The van der Waals surface area contributed by atoms with Gasteiger partial charge in [0.25, 0.3) is 0 Å². The summed E-state index contributed by atoms with van der Waals surface area (Å²) in [5.74, 6) is -0.883. The number of carbonyl (C=O) groups is 2. The molecule has 2 atom stereocenters. The second-order valence-corrected chi connectivity index (χ2v) is 5.15. The van der Waals surface area contributed by atoms with Gasteiger partial charge in [-0.1, -0.05) is 19.1 Å². The summed E-state index contributed by atoms with van der Waals surface area (Å²) in [6.45, 7) is 6.30. The van der Waals surface area contributed by atoms with Crippen LogP contribution < -0.4 is 11.1 Å². The predicted octanol–water partition coefficient (Wildman–Crippen LogP) is -0.434. The Hall–Kier alpha value is -1.96. The first kappa shape index (κ1) is 16.1. The minimum Gasteiger partial charge on any atom is -0.480 e. The molecule has 8 nitrogen and oxygen atoms in total. The van der Waals surface area contributed by atoms with Crippen LogP contribution >= 0.6 is 0 Å². The number of rotatable bonds is 7. The quantitative estimate of drug-likeness (QED) is 0.623. The lowest BCUT2D eigenvalue weighted by Gasteiger charge is -2.13. The zero-order valence-electron chi connectivity index (χ0n) is 11.9. The predicted molar refractivity (Wildman–Crippen MR) is 71.9 cm³/mol. The third-order valence-corrected chi connectivity index (χ3v) is 2.76. The largest absolute Gasteiger partial charge is 0.480 e. The third-order valence-electron chi connectivity index (χ3n) is 2.76. The van der Waals surface area contributed by atoms with Crippen LogP contribution in [0, 0.1) is 5.92 Å². The van der Waals surface area contributed by atoms with Crippen molar-refractivity contribution in [3.05, 3.63) is 11.9 Å². The molecule has 112 valence electrons. The van der Waals surface area contributed by atoms with E-state index in [9.17, 15) is 9.59 Å². The summed E-state index contributed by atoms with van der Waals surface area (Å²) in [6, 6.07) is -1.53. The number of carbonyl (C=O) groups excluding carboxylic acids is 1. The Bertz CT molecular complexity index is 471. The summed E-state index contributed by atoms with van der Waals surface area (Å²) in [6.07, 6.45) is 1.62. The smallest absolute Gasteiger partial charge is 0.320 e. The average molecular weight is 283 g/mol. The summed E-state index contributed by atoms with van der Waals surface area (Å²) in [7, 11) is 0. The highest BCUT2D eigenvalue weighted by Crippen LogP contribution is 2.06. The van der Waals surface area contributed by atoms with Crippen molar-refractivity contribution in [1.82, 2.24) is 20.3 Å². The number of carboxylic acid groups (broad SMARTS) is 1. The minimum absolute atomic E-state index is 0.0790. The lowest BCUT2D eigenvalue weighted by Crippen LogP contribution is -2.33. The molecule has 1 rings (SSSR count). The van der Waals surface area contributed by atoms with E-state index in [1.54, 1.807) is 13.1 Å². The van der Waals surface area contributed by atoms with Crippen molar-refractivity contribution in [2.24, 2.45) is 11.7 Å². The van der Waals surface area contributed by atoms with Gasteiger partial charge in [-0.2, -0.15) is 0 Å². The lowest BCUT2D eigenvalue weighted by atomic mass is 10.2. The molecule has 0 saturated carbocycles. The van der Waals surface area contributed by atoms with Crippen LogP contribution in [-0.4, -0.2) is 44.6 Å². The maximum atomic E-state index is 11.9. The van der Waals surface area contributed by atoms with Crippen molar-refractivity contribution in [1.29, 1.82) is 0 Å². The molecule has 0 saturated heterocycles. The van der Waals surface area contributed by atoms with Gasteiger partial charge >= 0.3 is 5.97 Å². The van der Waals surface area contributed by atoms with Gasteiger partial charge < -0.3 is 16.2 Å². The first-order chi connectivity index (χ1) is 9.31. The Morgan fingerprint density at radius 1 is 1.45 bits per heavy atom. The van der Waals surface area contributed by atoms with E-state index in [4.69, 9.17) is 10.8 Å². The molecule has 0 aliphatic carbocycles. The van der Waals surface area contributed by atoms with Crippen molar-refractivity contribution >= 4 is 11.9 Å². The standard InChI is InChI=1S/C12H21N5O3/c1-7(2)5-14-11(18)8(3)17-6-9(15-16-17)4-10(13)12(19)20/h6-8,10H,4-5,13H2,1-3H3,(H,14,18)(H,19,20). The van der Waals surface area contributed by atoms with Crippen molar-refractivity contribution in [2.45, 2.75) is 39.3 Å². The van der Waals surface area contributed by atoms with Gasteiger partial charge in [-0.05, 0) is 12.8 Å². The second-order valence-electron chi connectivity index (χ2n) is 5.15. The molecule has 0 aliphatic heterocycles. The highest BCUT2D eigenvalue weighted by Gasteiger charge is 2.19. The van der Waals surface area contributed by atoms with E-state index in [2.05, 4.69) is 15.6 Å². The van der Waals surface area contributed by atoms with E-state index in [0.29, 0.717) is 18.2 Å². The van der Waals surface area contributed by atoms with Gasteiger partial charge in [0.05, 0.1) is 5.69 Å². The first-order valence-corrected chi connectivity index (χ1v) is 6.48. The molecule has 0 aromatic carbocycles. The van der Waals surface area contributed by atoms with Crippen molar-refractivity contribution < 1.29 is 14.7 Å². The van der Waals surface area contributed by atoms with Crippen LogP contribution in [0.3, 0.4) is 0 Å². The molecular weight excluding hydrogens is 262 g/mol. The van der Waals surface area contributed by atoms with Crippen molar-refractivity contribution in [3.63, 3.8) is 0 Å². The van der Waals surface area contributed by atoms with Crippen LogP contribution in [0.2, 0.25) is 0 Å². The number of hydrogen-bond donors (Lipinski definition) is 3. The fourth-order valence-corrected chi connectivity index (χ4v) is 1.48. The van der Waals surface area contributed by atoms with Crippen molar-refractivity contribution in [2.75, 3.05) is 6.54 Å². The Morgan fingerprint density at radius 2 is 2.10 bits per heavy atom. The molecule has 20 heavy (non-hydrogen) atoms. The highest BCUT2D eigenvalue weighted by atomic mass is 16.4. The molecule has 2 unspecified atom stereocenters. The Morgan fingerprint density at radius 3 is 2.65 bits per heavy atom. The van der Waals surface area contributed by atoms with Crippen LogP contribution in [0.15, 0.2) is 6.20 Å². The summed E-state index contributed by atoms with van der Waals surface area (Å²) in [5, 5.41) is 19.2. The molecule has 0 aliphatic rings. The summed E-state index contributed by atoms with van der Waals surface area (Å²) in [5.41, 5.74) is 5.87. The highest BCUT2D eigenvalue weighted by molar-refractivity contribution is 5.79. The number of hydrogen-bond acceptors (Lipinski definition) is 5. The number of carboxylic acids is 1. The number of nitrogens with zero attached hydrogens (tertiary/aromatic N) is 3. The fraction of sp³-hybridized carbons (Fsp3) is 0.667. The van der Waals surface area contributed by atoms with E-state index in [-0.39, 0.29) is 12.3 Å². The molecule has 1 aromatic rings. The molecule has 0 radical (unpaired) electrons. The van der Waals surface area contributed by atoms with E-state index in [0.717, 1.165) is 0 Å². The first-order valence-electron chi connectivity index (χ1n) is 6.48. The maximum Gasteiger partial charge on any atom is 0.320 e. The van der Waals surface area contributed by atoms with Gasteiger partial charge in [0.15, 0.2) is 0 Å². The molecule has 1 heterocycles. The summed E-state index contributed by atoms with van der Waals surface area (Å²) < 4.78 is 1.40. The van der Waals surface area contributed by atoms with Gasteiger partial charge in [-0.25, -0.2) is 4.68 Å². The SMILES string of the molecule is CC(C)CNC(=O)C(C)n1cc(CC(N)C(=O)O)nn1. The van der Waals surface area contributed by atoms with E-state index >= 15 is 0 Å². The van der Waals surface area contributed by atoms with E-state index < -0.39 is 18.1 Å². The number of nitrogens with two attached hydrogens (primary N) is 1. The molecular formula is C12H21N5O3. The van der Waals surface area contributed by atoms with Gasteiger partial charge in [0, 0.05) is 19.2 Å². The maximum absolute atomic E-state index is 11.9. The van der Waals surface area contributed by atoms with E-state index in [1.807, 2.05) is 13.8 Å². The summed E-state index contributed by atoms with van der Waals surface area (Å²) >= 11 is 0. The van der Waals surface area contributed by atoms with Gasteiger partial charge in [-0.15, -0.1) is 5.10 Å². The third kappa shape index (κ3) is 4.61. The van der Waals surface area contributed by atoms with Crippen LogP contribution in [0.5, 0.6) is 0 Å². The van der Waals surface area contributed by atoms with Gasteiger partial charge in [-0.3, -0.25) is 9.59 Å². The van der Waals surface area contributed by atoms with E-state index in [1.165, 1.54) is 4.68 Å². The number of aromatic nitrogens is 3. The Kier molecular flexibility index (Phi) is 5.63.